The molecule has 1 aliphatic rings. The number of aromatic nitrogens is 1. The minimum Gasteiger partial charge on any atom is -0.503 e. The Hall–Kier alpha value is -4.11. The number of methoxy groups -OCH3 is 1. The summed E-state index contributed by atoms with van der Waals surface area (Å²) < 4.78 is 16.8. The summed E-state index contributed by atoms with van der Waals surface area (Å²) in [4.78, 5) is 34.0. The number of carbonyl (C=O) groups excluding carboxylic acids is 2. The molecule has 0 spiro atoms. The standard InChI is InChI=1S/C27H24N2O6S/c1-5-34-18-11-9-16(10-12-18)22-21(24(31)26(32)29(22)27-28-14(2)15(3)36-27)23(30)20-13-17-7-6-8-19(33-4)25(17)35-20/h6-13,22,31H,5H2,1-4H3. The lowest BCUT2D eigenvalue weighted by Crippen LogP contribution is -2.31. The fraction of sp³-hybridized carbons (Fsp3) is 0.222. The Balaban J connectivity index is 1.64. The number of amides is 1. The fourth-order valence-electron chi connectivity index (χ4n) is 4.26. The zero-order valence-corrected chi connectivity index (χ0v) is 21.0. The predicted molar refractivity (Wildman–Crippen MR) is 136 cm³/mol. The quantitative estimate of drug-likeness (QED) is 0.322. The maximum absolute atomic E-state index is 13.8. The van der Waals surface area contributed by atoms with Crippen LogP contribution in [-0.2, 0) is 4.79 Å². The number of ether oxygens (including phenoxy) is 2. The van der Waals surface area contributed by atoms with E-state index in [-0.39, 0.29) is 11.3 Å². The molecule has 0 fully saturated rings. The highest BCUT2D eigenvalue weighted by molar-refractivity contribution is 7.15. The number of ketones is 1. The van der Waals surface area contributed by atoms with Gasteiger partial charge in [-0.1, -0.05) is 24.3 Å². The van der Waals surface area contributed by atoms with Gasteiger partial charge >= 0.3 is 0 Å². The van der Waals surface area contributed by atoms with Gasteiger partial charge in [0.05, 0.1) is 31.0 Å². The first kappa shape index (κ1) is 23.6. The number of aliphatic hydroxyl groups is 1. The van der Waals surface area contributed by atoms with Crippen molar-refractivity contribution < 1.29 is 28.6 Å². The summed E-state index contributed by atoms with van der Waals surface area (Å²) in [5.41, 5.74) is 1.73. The number of hydrogen-bond donors (Lipinski definition) is 1. The SMILES string of the molecule is CCOc1ccc(C2C(C(=O)c3cc4cccc(OC)c4o3)=C(O)C(=O)N2c2nc(C)c(C)s2)cc1. The number of para-hydroxylation sites is 1. The smallest absolute Gasteiger partial charge is 0.296 e. The molecule has 0 saturated heterocycles. The van der Waals surface area contributed by atoms with Gasteiger partial charge in [0.15, 0.2) is 28.0 Å². The first-order valence-electron chi connectivity index (χ1n) is 11.4. The van der Waals surface area contributed by atoms with Crippen molar-refractivity contribution in [3.63, 3.8) is 0 Å². The van der Waals surface area contributed by atoms with Crippen molar-refractivity contribution >= 4 is 39.1 Å². The largest absolute Gasteiger partial charge is 0.503 e. The number of Topliss-reactive ketones (excluding diaryl/α,β-unsaturated/α-hetero) is 1. The van der Waals surface area contributed by atoms with Gasteiger partial charge in [-0.2, -0.15) is 0 Å². The third-order valence-electron chi connectivity index (χ3n) is 6.13. The summed E-state index contributed by atoms with van der Waals surface area (Å²) >= 11 is 1.33. The molecule has 1 atom stereocenters. The molecule has 9 heteroatoms. The van der Waals surface area contributed by atoms with Crippen molar-refractivity contribution in [3.8, 4) is 11.5 Å². The van der Waals surface area contributed by atoms with Crippen LogP contribution in [-0.4, -0.2) is 35.5 Å². The van der Waals surface area contributed by atoms with Crippen LogP contribution in [0.2, 0.25) is 0 Å². The molecule has 1 unspecified atom stereocenters. The maximum atomic E-state index is 13.8. The molecule has 1 aliphatic heterocycles. The Labute approximate surface area is 211 Å². The van der Waals surface area contributed by atoms with E-state index in [1.54, 1.807) is 48.5 Å². The summed E-state index contributed by atoms with van der Waals surface area (Å²) in [6.07, 6.45) is 0. The summed E-state index contributed by atoms with van der Waals surface area (Å²) in [5.74, 6) is -0.788. The van der Waals surface area contributed by atoms with Crippen LogP contribution < -0.4 is 14.4 Å². The van der Waals surface area contributed by atoms with E-state index in [1.807, 2.05) is 20.8 Å². The number of aryl methyl sites for hydroxylation is 2. The number of rotatable bonds is 7. The number of furan rings is 1. The van der Waals surface area contributed by atoms with Crippen molar-refractivity contribution in [1.82, 2.24) is 4.98 Å². The third-order valence-corrected chi connectivity index (χ3v) is 7.21. The molecule has 1 amide bonds. The maximum Gasteiger partial charge on any atom is 0.296 e. The van der Waals surface area contributed by atoms with E-state index in [1.165, 1.54) is 23.3 Å². The molecule has 0 radical (unpaired) electrons. The van der Waals surface area contributed by atoms with Crippen LogP contribution in [0.15, 0.2) is 64.3 Å². The highest BCUT2D eigenvalue weighted by Gasteiger charge is 2.46. The van der Waals surface area contributed by atoms with Crippen LogP contribution in [0.3, 0.4) is 0 Å². The lowest BCUT2D eigenvalue weighted by Gasteiger charge is -2.24. The number of hydrogen-bond acceptors (Lipinski definition) is 8. The van der Waals surface area contributed by atoms with Gasteiger partial charge in [0.25, 0.3) is 5.91 Å². The molecule has 8 nitrogen and oxygen atoms in total. The number of aliphatic hydroxyl groups excluding tert-OH is 1. The molecular weight excluding hydrogens is 480 g/mol. The topological polar surface area (TPSA) is 102 Å². The summed E-state index contributed by atoms with van der Waals surface area (Å²) in [5, 5.41) is 12.1. The number of anilines is 1. The molecule has 184 valence electrons. The zero-order chi connectivity index (χ0) is 25.6. The van der Waals surface area contributed by atoms with Gasteiger partial charge in [-0.25, -0.2) is 4.98 Å². The fourth-order valence-corrected chi connectivity index (χ4v) is 5.20. The predicted octanol–water partition coefficient (Wildman–Crippen LogP) is 5.70. The molecule has 2 aromatic heterocycles. The van der Waals surface area contributed by atoms with E-state index in [0.717, 1.165) is 10.6 Å². The summed E-state index contributed by atoms with van der Waals surface area (Å²) in [7, 11) is 1.51. The van der Waals surface area contributed by atoms with Gasteiger partial charge in [-0.15, -0.1) is 11.3 Å². The summed E-state index contributed by atoms with van der Waals surface area (Å²) in [6.45, 7) is 6.15. The van der Waals surface area contributed by atoms with E-state index < -0.39 is 23.5 Å². The zero-order valence-electron chi connectivity index (χ0n) is 20.2. The van der Waals surface area contributed by atoms with Crippen molar-refractivity contribution in [2.75, 3.05) is 18.6 Å². The molecular formula is C27H24N2O6S. The van der Waals surface area contributed by atoms with Crippen LogP contribution in [0.1, 0.15) is 39.7 Å². The highest BCUT2D eigenvalue weighted by Crippen LogP contribution is 2.44. The van der Waals surface area contributed by atoms with E-state index in [4.69, 9.17) is 13.9 Å². The van der Waals surface area contributed by atoms with Gasteiger partial charge in [0, 0.05) is 10.3 Å². The molecule has 0 aliphatic carbocycles. The normalized spacial score (nSPS) is 15.7. The molecule has 0 bridgehead atoms. The van der Waals surface area contributed by atoms with Crippen LogP contribution >= 0.6 is 11.3 Å². The minimum atomic E-state index is -0.902. The number of benzene rings is 2. The average Bonchev–Trinajstić information content (AvgIpc) is 3.53. The number of thiazole rings is 1. The van der Waals surface area contributed by atoms with Gasteiger partial charge < -0.3 is 19.0 Å². The first-order valence-corrected chi connectivity index (χ1v) is 12.2. The third kappa shape index (κ3) is 3.81. The molecule has 0 saturated carbocycles. The molecule has 1 N–H and O–H groups in total. The molecule has 36 heavy (non-hydrogen) atoms. The average molecular weight is 505 g/mol. The van der Waals surface area contributed by atoms with Crippen molar-refractivity contribution in [2.24, 2.45) is 0 Å². The van der Waals surface area contributed by atoms with Crippen LogP contribution in [0.5, 0.6) is 11.5 Å². The molecule has 5 rings (SSSR count). The van der Waals surface area contributed by atoms with Crippen LogP contribution in [0.25, 0.3) is 11.0 Å². The van der Waals surface area contributed by atoms with Gasteiger partial charge in [-0.05, 0) is 50.6 Å². The molecule has 2 aromatic carbocycles. The molecule has 4 aromatic rings. The second-order valence-corrected chi connectivity index (χ2v) is 9.48. The van der Waals surface area contributed by atoms with Crippen LogP contribution in [0.4, 0.5) is 5.13 Å². The van der Waals surface area contributed by atoms with Crippen LogP contribution in [0, 0.1) is 13.8 Å². The number of carbonyl (C=O) groups is 2. The Morgan fingerprint density at radius 3 is 2.58 bits per heavy atom. The van der Waals surface area contributed by atoms with Crippen molar-refractivity contribution in [2.45, 2.75) is 26.8 Å². The van der Waals surface area contributed by atoms with Crippen molar-refractivity contribution in [1.29, 1.82) is 0 Å². The second kappa shape index (κ2) is 9.16. The van der Waals surface area contributed by atoms with Gasteiger partial charge in [-0.3, -0.25) is 14.5 Å². The van der Waals surface area contributed by atoms with Crippen molar-refractivity contribution in [3.05, 3.63) is 81.8 Å². The Kier molecular flexibility index (Phi) is 6.01. The number of fused-ring (bicyclic) bond motifs is 1. The van der Waals surface area contributed by atoms with E-state index in [9.17, 15) is 14.7 Å². The Morgan fingerprint density at radius 1 is 1.19 bits per heavy atom. The first-order chi connectivity index (χ1) is 17.3. The van der Waals surface area contributed by atoms with E-state index in [2.05, 4.69) is 4.98 Å². The number of nitrogens with zero attached hydrogens (tertiary/aromatic N) is 2. The monoisotopic (exact) mass is 504 g/mol. The minimum absolute atomic E-state index is 0.00636. The lowest BCUT2D eigenvalue weighted by atomic mass is 9.95. The summed E-state index contributed by atoms with van der Waals surface area (Å²) in [6, 6.07) is 13.1. The van der Waals surface area contributed by atoms with E-state index >= 15 is 0 Å². The van der Waals surface area contributed by atoms with Gasteiger partial charge in [0.1, 0.15) is 5.75 Å². The van der Waals surface area contributed by atoms with E-state index in [0.29, 0.717) is 39.8 Å². The lowest BCUT2D eigenvalue weighted by molar-refractivity contribution is -0.117. The highest BCUT2D eigenvalue weighted by atomic mass is 32.1. The second-order valence-electron chi connectivity index (χ2n) is 8.30. The Bertz CT molecular complexity index is 1500. The van der Waals surface area contributed by atoms with Gasteiger partial charge in [0.2, 0.25) is 5.78 Å². The Morgan fingerprint density at radius 2 is 1.94 bits per heavy atom. The molecule has 3 heterocycles.